The summed E-state index contributed by atoms with van der Waals surface area (Å²) >= 11 is 0. The summed E-state index contributed by atoms with van der Waals surface area (Å²) in [6.45, 7) is 1.65. The Kier molecular flexibility index (Phi) is 8.10. The number of carbonyl (C=O) groups excluding carboxylic acids is 3. The summed E-state index contributed by atoms with van der Waals surface area (Å²) in [4.78, 5) is 34.5. The predicted molar refractivity (Wildman–Crippen MR) is 85.9 cm³/mol. The largest absolute Gasteiger partial charge is 0.497 e. The SMILES string of the molecule is CCNC(=O)CNC(=O)COC(=O)Cc1ccc(OC)cc1OC. The molecule has 0 radical (unpaired) electrons. The average molecular weight is 338 g/mol. The third kappa shape index (κ3) is 6.55. The Morgan fingerprint density at radius 2 is 1.79 bits per heavy atom. The van der Waals surface area contributed by atoms with Gasteiger partial charge in [-0.2, -0.15) is 0 Å². The second-order valence-corrected chi connectivity index (χ2v) is 4.75. The van der Waals surface area contributed by atoms with Gasteiger partial charge in [0.25, 0.3) is 5.91 Å². The Bertz CT molecular complexity index is 588. The highest BCUT2D eigenvalue weighted by atomic mass is 16.5. The van der Waals surface area contributed by atoms with Crippen molar-refractivity contribution in [3.05, 3.63) is 23.8 Å². The van der Waals surface area contributed by atoms with Gasteiger partial charge in [0.1, 0.15) is 11.5 Å². The summed E-state index contributed by atoms with van der Waals surface area (Å²) in [6, 6.07) is 5.04. The lowest BCUT2D eigenvalue weighted by atomic mass is 10.1. The minimum Gasteiger partial charge on any atom is -0.497 e. The summed E-state index contributed by atoms with van der Waals surface area (Å²) in [7, 11) is 3.01. The van der Waals surface area contributed by atoms with Crippen molar-refractivity contribution < 1.29 is 28.6 Å². The molecule has 0 bridgehead atoms. The van der Waals surface area contributed by atoms with Gasteiger partial charge in [-0.1, -0.05) is 6.07 Å². The smallest absolute Gasteiger partial charge is 0.310 e. The highest BCUT2D eigenvalue weighted by Gasteiger charge is 2.13. The molecule has 1 aromatic carbocycles. The quantitative estimate of drug-likeness (QED) is 0.617. The van der Waals surface area contributed by atoms with Crippen LogP contribution in [0.25, 0.3) is 0 Å². The number of likely N-dealkylation sites (N-methyl/N-ethyl adjacent to an activating group) is 1. The Morgan fingerprint density at radius 1 is 1.04 bits per heavy atom. The standard InChI is InChI=1S/C16H22N2O6/c1-4-17-14(19)9-18-15(20)10-24-16(21)7-11-5-6-12(22-2)8-13(11)23-3/h5-6,8H,4,7,9-10H2,1-3H3,(H,17,19)(H,18,20). The molecule has 8 nitrogen and oxygen atoms in total. The fourth-order valence-electron chi connectivity index (χ4n) is 1.84. The first-order chi connectivity index (χ1) is 11.5. The number of esters is 1. The van der Waals surface area contributed by atoms with Crippen LogP contribution in [0.4, 0.5) is 0 Å². The maximum absolute atomic E-state index is 11.8. The molecular weight excluding hydrogens is 316 g/mol. The van der Waals surface area contributed by atoms with Crippen LogP contribution in [-0.2, 0) is 25.5 Å². The normalized spacial score (nSPS) is 9.79. The highest BCUT2D eigenvalue weighted by molar-refractivity contribution is 5.86. The number of rotatable bonds is 9. The molecular formula is C16H22N2O6. The fourth-order valence-corrected chi connectivity index (χ4v) is 1.84. The summed E-state index contributed by atoms with van der Waals surface area (Å²) in [5.41, 5.74) is 0.617. The van der Waals surface area contributed by atoms with Crippen molar-refractivity contribution in [2.75, 3.05) is 33.9 Å². The van der Waals surface area contributed by atoms with Gasteiger partial charge in [-0.25, -0.2) is 0 Å². The number of amides is 2. The first kappa shape index (κ1) is 19.3. The number of nitrogens with one attached hydrogen (secondary N) is 2. The third-order valence-electron chi connectivity index (χ3n) is 3.01. The number of methoxy groups -OCH3 is 2. The number of hydrogen-bond acceptors (Lipinski definition) is 6. The van der Waals surface area contributed by atoms with Crippen molar-refractivity contribution in [2.24, 2.45) is 0 Å². The van der Waals surface area contributed by atoms with Crippen molar-refractivity contribution >= 4 is 17.8 Å². The molecule has 0 aliphatic heterocycles. The van der Waals surface area contributed by atoms with Gasteiger partial charge in [-0.05, 0) is 13.0 Å². The van der Waals surface area contributed by atoms with Crippen molar-refractivity contribution in [2.45, 2.75) is 13.3 Å². The second kappa shape index (κ2) is 10.1. The fraction of sp³-hybridized carbons (Fsp3) is 0.438. The molecule has 0 saturated carbocycles. The van der Waals surface area contributed by atoms with Crippen molar-refractivity contribution in [1.82, 2.24) is 10.6 Å². The Balaban J connectivity index is 2.44. The van der Waals surface area contributed by atoms with E-state index in [1.165, 1.54) is 14.2 Å². The molecule has 8 heteroatoms. The second-order valence-electron chi connectivity index (χ2n) is 4.75. The Hall–Kier alpha value is -2.77. The maximum Gasteiger partial charge on any atom is 0.310 e. The number of benzene rings is 1. The Morgan fingerprint density at radius 3 is 2.42 bits per heavy atom. The molecule has 0 spiro atoms. The van der Waals surface area contributed by atoms with E-state index in [2.05, 4.69) is 10.6 Å². The lowest BCUT2D eigenvalue weighted by molar-refractivity contribution is -0.148. The molecule has 1 aromatic rings. The molecule has 0 aliphatic rings. The van der Waals surface area contributed by atoms with Crippen LogP contribution in [0.3, 0.4) is 0 Å². The van der Waals surface area contributed by atoms with Gasteiger partial charge >= 0.3 is 5.97 Å². The number of hydrogen-bond donors (Lipinski definition) is 2. The molecule has 0 unspecified atom stereocenters. The summed E-state index contributed by atoms with van der Waals surface area (Å²) < 4.78 is 15.2. The van der Waals surface area contributed by atoms with E-state index in [4.69, 9.17) is 14.2 Å². The van der Waals surface area contributed by atoms with Gasteiger partial charge in [-0.3, -0.25) is 14.4 Å². The zero-order valence-corrected chi connectivity index (χ0v) is 14.0. The van der Waals surface area contributed by atoms with E-state index in [0.717, 1.165) is 0 Å². The van der Waals surface area contributed by atoms with Gasteiger partial charge in [0.15, 0.2) is 6.61 Å². The van der Waals surface area contributed by atoms with Crippen LogP contribution in [0.15, 0.2) is 18.2 Å². The van der Waals surface area contributed by atoms with E-state index in [0.29, 0.717) is 23.6 Å². The minimum absolute atomic E-state index is 0.0449. The van der Waals surface area contributed by atoms with E-state index in [1.807, 2.05) is 0 Å². The summed E-state index contributed by atoms with van der Waals surface area (Å²) in [5.74, 6) is -0.330. The zero-order chi connectivity index (χ0) is 17.9. The molecule has 0 aliphatic carbocycles. The zero-order valence-electron chi connectivity index (χ0n) is 14.0. The van der Waals surface area contributed by atoms with E-state index in [-0.39, 0.29) is 18.9 Å². The van der Waals surface area contributed by atoms with E-state index < -0.39 is 18.5 Å². The lowest BCUT2D eigenvalue weighted by Crippen LogP contribution is -2.38. The van der Waals surface area contributed by atoms with Crippen molar-refractivity contribution in [1.29, 1.82) is 0 Å². The van der Waals surface area contributed by atoms with E-state index in [9.17, 15) is 14.4 Å². The topological polar surface area (TPSA) is 103 Å². The summed E-state index contributed by atoms with van der Waals surface area (Å²) in [6.07, 6.45) is -0.0449. The van der Waals surface area contributed by atoms with Crippen LogP contribution in [0, 0.1) is 0 Å². The number of carbonyl (C=O) groups is 3. The van der Waals surface area contributed by atoms with E-state index in [1.54, 1.807) is 25.1 Å². The monoisotopic (exact) mass is 338 g/mol. The van der Waals surface area contributed by atoms with Crippen LogP contribution in [0.2, 0.25) is 0 Å². The molecule has 0 saturated heterocycles. The van der Waals surface area contributed by atoms with E-state index >= 15 is 0 Å². The minimum atomic E-state index is -0.577. The van der Waals surface area contributed by atoms with Gasteiger partial charge < -0.3 is 24.8 Å². The molecule has 24 heavy (non-hydrogen) atoms. The third-order valence-corrected chi connectivity index (χ3v) is 3.01. The maximum atomic E-state index is 11.8. The molecule has 0 aromatic heterocycles. The molecule has 0 atom stereocenters. The van der Waals surface area contributed by atoms with Gasteiger partial charge in [0.05, 0.1) is 27.2 Å². The molecule has 2 N–H and O–H groups in total. The van der Waals surface area contributed by atoms with Crippen LogP contribution in [0.5, 0.6) is 11.5 Å². The average Bonchev–Trinajstić information content (AvgIpc) is 2.58. The first-order valence-corrected chi connectivity index (χ1v) is 7.40. The van der Waals surface area contributed by atoms with Gasteiger partial charge in [0, 0.05) is 18.2 Å². The van der Waals surface area contributed by atoms with Gasteiger partial charge in [-0.15, -0.1) is 0 Å². The van der Waals surface area contributed by atoms with Crippen LogP contribution in [-0.4, -0.2) is 51.7 Å². The summed E-state index contributed by atoms with van der Waals surface area (Å²) in [5, 5.41) is 4.89. The Labute approximate surface area is 140 Å². The number of ether oxygens (including phenoxy) is 3. The van der Waals surface area contributed by atoms with Crippen LogP contribution >= 0.6 is 0 Å². The van der Waals surface area contributed by atoms with Crippen molar-refractivity contribution in [3.63, 3.8) is 0 Å². The highest BCUT2D eigenvalue weighted by Crippen LogP contribution is 2.25. The molecule has 0 fully saturated rings. The first-order valence-electron chi connectivity index (χ1n) is 7.40. The van der Waals surface area contributed by atoms with Gasteiger partial charge in [0.2, 0.25) is 5.91 Å². The molecule has 1 rings (SSSR count). The van der Waals surface area contributed by atoms with Crippen LogP contribution < -0.4 is 20.1 Å². The lowest BCUT2D eigenvalue weighted by Gasteiger charge is -2.10. The van der Waals surface area contributed by atoms with Crippen LogP contribution in [0.1, 0.15) is 12.5 Å². The van der Waals surface area contributed by atoms with Crippen molar-refractivity contribution in [3.8, 4) is 11.5 Å². The molecule has 132 valence electrons. The molecule has 2 amide bonds. The predicted octanol–water partition coefficient (Wildman–Crippen LogP) is 0.0418. The molecule has 0 heterocycles.